The van der Waals surface area contributed by atoms with E-state index < -0.39 is 0 Å². The van der Waals surface area contributed by atoms with Crippen LogP contribution < -0.4 is 5.32 Å². The van der Waals surface area contributed by atoms with Crippen LogP contribution in [0.15, 0.2) is 35.7 Å². The Labute approximate surface area is 135 Å². The van der Waals surface area contributed by atoms with Gasteiger partial charge < -0.3 is 10.4 Å². The lowest BCUT2D eigenvalue weighted by Gasteiger charge is -2.18. The maximum atomic E-state index is 12.1. The fourth-order valence-corrected chi connectivity index (χ4v) is 2.79. The summed E-state index contributed by atoms with van der Waals surface area (Å²) in [4.78, 5) is 16.5. The molecule has 2 N–H and O–H groups in total. The third kappa shape index (κ3) is 4.64. The van der Waals surface area contributed by atoms with Crippen LogP contribution >= 0.6 is 11.3 Å². The Kier molecular flexibility index (Phi) is 6.10. The standard InChI is InChI=1S/C17H22N2O2S/c1-12(10-20)13(2)18-17(21)15-11-22-16(19-15)9-8-14-6-4-3-5-7-14/h3-7,11-13,20H,8-10H2,1-2H3,(H,18,21). The first-order valence-electron chi connectivity index (χ1n) is 7.50. The molecule has 5 heteroatoms. The molecule has 22 heavy (non-hydrogen) atoms. The molecule has 2 aromatic rings. The molecule has 1 aromatic heterocycles. The lowest BCUT2D eigenvalue weighted by atomic mass is 10.1. The summed E-state index contributed by atoms with van der Waals surface area (Å²) in [6, 6.07) is 10.2. The summed E-state index contributed by atoms with van der Waals surface area (Å²) in [5.74, 6) is -0.143. The molecule has 0 aliphatic heterocycles. The van der Waals surface area contributed by atoms with Crippen LogP contribution in [0.25, 0.3) is 0 Å². The molecule has 0 saturated heterocycles. The van der Waals surface area contributed by atoms with Crippen molar-refractivity contribution in [2.75, 3.05) is 6.61 Å². The first-order valence-corrected chi connectivity index (χ1v) is 8.38. The third-order valence-electron chi connectivity index (χ3n) is 3.76. The fraction of sp³-hybridized carbons (Fsp3) is 0.412. The third-order valence-corrected chi connectivity index (χ3v) is 4.66. The second-order valence-electron chi connectivity index (χ2n) is 5.53. The predicted molar refractivity (Wildman–Crippen MR) is 89.1 cm³/mol. The van der Waals surface area contributed by atoms with Crippen molar-refractivity contribution in [1.82, 2.24) is 10.3 Å². The van der Waals surface area contributed by atoms with Crippen molar-refractivity contribution in [2.24, 2.45) is 5.92 Å². The zero-order chi connectivity index (χ0) is 15.9. The monoisotopic (exact) mass is 318 g/mol. The normalized spacial score (nSPS) is 13.6. The van der Waals surface area contributed by atoms with Gasteiger partial charge in [0.1, 0.15) is 5.69 Å². The van der Waals surface area contributed by atoms with Crippen molar-refractivity contribution >= 4 is 17.2 Å². The number of amides is 1. The summed E-state index contributed by atoms with van der Waals surface area (Å²) in [6.07, 6.45) is 1.76. The first-order chi connectivity index (χ1) is 10.6. The number of thiazole rings is 1. The van der Waals surface area contributed by atoms with Gasteiger partial charge in [-0.15, -0.1) is 11.3 Å². The smallest absolute Gasteiger partial charge is 0.270 e. The van der Waals surface area contributed by atoms with Gasteiger partial charge in [-0.05, 0) is 24.8 Å². The number of rotatable bonds is 7. The number of aliphatic hydroxyl groups excluding tert-OH is 1. The van der Waals surface area contributed by atoms with Crippen molar-refractivity contribution in [2.45, 2.75) is 32.7 Å². The number of hydrogen-bond donors (Lipinski definition) is 2. The number of carbonyl (C=O) groups is 1. The molecular formula is C17H22N2O2S. The Morgan fingerprint density at radius 3 is 2.68 bits per heavy atom. The number of hydrogen-bond acceptors (Lipinski definition) is 4. The van der Waals surface area contributed by atoms with Crippen LogP contribution in [0.1, 0.15) is 34.9 Å². The molecule has 2 unspecified atom stereocenters. The molecule has 0 radical (unpaired) electrons. The lowest BCUT2D eigenvalue weighted by molar-refractivity contribution is 0.0911. The Balaban J connectivity index is 1.89. The van der Waals surface area contributed by atoms with Crippen LogP contribution in [0.2, 0.25) is 0 Å². The van der Waals surface area contributed by atoms with Crippen molar-refractivity contribution in [1.29, 1.82) is 0 Å². The van der Waals surface area contributed by atoms with Crippen molar-refractivity contribution in [3.05, 3.63) is 52.0 Å². The quantitative estimate of drug-likeness (QED) is 0.825. The molecule has 1 amide bonds. The molecule has 0 saturated carbocycles. The highest BCUT2D eigenvalue weighted by Crippen LogP contribution is 2.14. The summed E-state index contributed by atoms with van der Waals surface area (Å²) in [5.41, 5.74) is 1.74. The van der Waals surface area contributed by atoms with Crippen LogP contribution in [0, 0.1) is 5.92 Å². The summed E-state index contributed by atoms with van der Waals surface area (Å²) in [7, 11) is 0. The number of aromatic nitrogens is 1. The zero-order valence-electron chi connectivity index (χ0n) is 13.0. The van der Waals surface area contributed by atoms with Crippen LogP contribution in [-0.4, -0.2) is 28.6 Å². The highest BCUT2D eigenvalue weighted by atomic mass is 32.1. The van der Waals surface area contributed by atoms with Gasteiger partial charge in [-0.3, -0.25) is 4.79 Å². The minimum atomic E-state index is -0.171. The van der Waals surface area contributed by atoms with Gasteiger partial charge in [0.05, 0.1) is 5.01 Å². The summed E-state index contributed by atoms with van der Waals surface area (Å²) in [6.45, 7) is 3.85. The van der Waals surface area contributed by atoms with Gasteiger partial charge in [-0.1, -0.05) is 37.3 Å². The van der Waals surface area contributed by atoms with E-state index in [-0.39, 0.29) is 24.5 Å². The SMILES string of the molecule is CC(CO)C(C)NC(=O)c1csc(CCc2ccccc2)n1. The molecule has 0 fully saturated rings. The van der Waals surface area contributed by atoms with Crippen LogP contribution in [0.5, 0.6) is 0 Å². The van der Waals surface area contributed by atoms with Gasteiger partial charge in [0, 0.05) is 24.4 Å². The molecule has 0 aliphatic rings. The number of aryl methyl sites for hydroxylation is 2. The van der Waals surface area contributed by atoms with E-state index in [0.717, 1.165) is 17.8 Å². The lowest BCUT2D eigenvalue weighted by Crippen LogP contribution is -2.38. The summed E-state index contributed by atoms with van der Waals surface area (Å²) in [5, 5.41) is 14.8. The number of benzene rings is 1. The Hall–Kier alpha value is -1.72. The number of nitrogens with one attached hydrogen (secondary N) is 1. The molecule has 118 valence electrons. The molecular weight excluding hydrogens is 296 g/mol. The van der Waals surface area contributed by atoms with Crippen LogP contribution in [-0.2, 0) is 12.8 Å². The largest absolute Gasteiger partial charge is 0.396 e. The summed E-state index contributed by atoms with van der Waals surface area (Å²) >= 11 is 1.52. The van der Waals surface area contributed by atoms with E-state index in [4.69, 9.17) is 5.11 Å². The number of nitrogens with zero attached hydrogens (tertiary/aromatic N) is 1. The predicted octanol–water partition coefficient (Wildman–Crippen LogP) is 2.68. The average Bonchev–Trinajstić information content (AvgIpc) is 3.02. The molecule has 4 nitrogen and oxygen atoms in total. The van der Waals surface area contributed by atoms with E-state index >= 15 is 0 Å². The van der Waals surface area contributed by atoms with Crippen molar-refractivity contribution in [3.8, 4) is 0 Å². The van der Waals surface area contributed by atoms with Crippen LogP contribution in [0.4, 0.5) is 0 Å². The maximum Gasteiger partial charge on any atom is 0.270 e. The number of aliphatic hydroxyl groups is 1. The molecule has 0 aliphatic carbocycles. The minimum absolute atomic E-state index is 0.0279. The first kappa shape index (κ1) is 16.6. The highest BCUT2D eigenvalue weighted by molar-refractivity contribution is 7.09. The van der Waals surface area contributed by atoms with Gasteiger partial charge in [0.15, 0.2) is 0 Å². The molecule has 0 bridgehead atoms. The maximum absolute atomic E-state index is 12.1. The van der Waals surface area contributed by atoms with Gasteiger partial charge in [0.2, 0.25) is 0 Å². The molecule has 2 rings (SSSR count). The molecule has 0 spiro atoms. The fourth-order valence-electron chi connectivity index (χ4n) is 2.01. The summed E-state index contributed by atoms with van der Waals surface area (Å²) < 4.78 is 0. The molecule has 2 atom stereocenters. The Morgan fingerprint density at radius 2 is 2.00 bits per heavy atom. The Bertz CT molecular complexity index is 598. The van der Waals surface area contributed by atoms with Gasteiger partial charge >= 0.3 is 0 Å². The van der Waals surface area contributed by atoms with E-state index in [1.54, 1.807) is 5.38 Å². The number of carbonyl (C=O) groups excluding carboxylic acids is 1. The second kappa shape index (κ2) is 8.06. The second-order valence-corrected chi connectivity index (χ2v) is 6.48. The van der Waals surface area contributed by atoms with E-state index in [0.29, 0.717) is 5.69 Å². The Morgan fingerprint density at radius 1 is 1.27 bits per heavy atom. The average molecular weight is 318 g/mol. The van der Waals surface area contributed by atoms with Gasteiger partial charge in [-0.2, -0.15) is 0 Å². The molecule has 1 aromatic carbocycles. The van der Waals surface area contributed by atoms with E-state index in [1.807, 2.05) is 32.0 Å². The van der Waals surface area contributed by atoms with Crippen molar-refractivity contribution in [3.63, 3.8) is 0 Å². The van der Waals surface area contributed by atoms with Gasteiger partial charge in [-0.25, -0.2) is 4.98 Å². The topological polar surface area (TPSA) is 62.2 Å². The zero-order valence-corrected chi connectivity index (χ0v) is 13.8. The minimum Gasteiger partial charge on any atom is -0.396 e. The highest BCUT2D eigenvalue weighted by Gasteiger charge is 2.17. The van der Waals surface area contributed by atoms with Crippen LogP contribution in [0.3, 0.4) is 0 Å². The van der Waals surface area contributed by atoms with E-state index in [2.05, 4.69) is 22.4 Å². The van der Waals surface area contributed by atoms with Crippen molar-refractivity contribution < 1.29 is 9.90 Å². The van der Waals surface area contributed by atoms with E-state index in [1.165, 1.54) is 16.9 Å². The van der Waals surface area contributed by atoms with E-state index in [9.17, 15) is 4.79 Å². The van der Waals surface area contributed by atoms with Gasteiger partial charge in [0.25, 0.3) is 5.91 Å². The molecule has 1 heterocycles.